The lowest BCUT2D eigenvalue weighted by Gasteiger charge is -2.20. The quantitative estimate of drug-likeness (QED) is 0.750. The molecule has 0 saturated heterocycles. The monoisotopic (exact) mass is 310 g/mol. The van der Waals surface area contributed by atoms with Gasteiger partial charge in [-0.3, -0.25) is 0 Å². The standard InChI is InChI=1S/C17H30N2OS/c1-6-8-13(20-7-2)16-19-15(12-9-10-12)14(21-16)11-18-17(3,4)5/h12-13,18H,6-11H2,1-5H3. The Labute approximate surface area is 133 Å². The lowest BCUT2D eigenvalue weighted by molar-refractivity contribution is 0.0554. The first kappa shape index (κ1) is 16.9. The summed E-state index contributed by atoms with van der Waals surface area (Å²) in [5.74, 6) is 0.704. The normalized spacial score (nSPS) is 17.2. The molecule has 0 spiro atoms. The zero-order valence-corrected chi connectivity index (χ0v) is 15.0. The van der Waals surface area contributed by atoms with Gasteiger partial charge in [0.05, 0.1) is 5.69 Å². The molecule has 1 unspecified atom stereocenters. The predicted octanol–water partition coefficient (Wildman–Crippen LogP) is 4.79. The fourth-order valence-corrected chi connectivity index (χ4v) is 3.58. The highest BCUT2D eigenvalue weighted by Gasteiger charge is 2.31. The summed E-state index contributed by atoms with van der Waals surface area (Å²) in [7, 11) is 0. The molecule has 2 rings (SSSR count). The molecule has 0 aliphatic heterocycles. The zero-order valence-electron chi connectivity index (χ0n) is 14.2. The van der Waals surface area contributed by atoms with Gasteiger partial charge in [0.2, 0.25) is 0 Å². The maximum absolute atomic E-state index is 5.91. The molecule has 120 valence electrons. The molecule has 1 heterocycles. The van der Waals surface area contributed by atoms with E-state index < -0.39 is 0 Å². The summed E-state index contributed by atoms with van der Waals surface area (Å²) < 4.78 is 5.91. The lowest BCUT2D eigenvalue weighted by Crippen LogP contribution is -2.35. The van der Waals surface area contributed by atoms with E-state index in [2.05, 4.69) is 39.9 Å². The van der Waals surface area contributed by atoms with E-state index in [1.54, 1.807) is 0 Å². The molecule has 21 heavy (non-hydrogen) atoms. The van der Waals surface area contributed by atoms with E-state index in [9.17, 15) is 0 Å². The summed E-state index contributed by atoms with van der Waals surface area (Å²) >= 11 is 1.86. The van der Waals surface area contributed by atoms with Crippen molar-refractivity contribution in [2.75, 3.05) is 6.61 Å². The second-order valence-electron chi connectivity index (χ2n) is 6.97. The van der Waals surface area contributed by atoms with E-state index in [4.69, 9.17) is 9.72 Å². The topological polar surface area (TPSA) is 34.1 Å². The van der Waals surface area contributed by atoms with Crippen LogP contribution in [0.15, 0.2) is 0 Å². The Hall–Kier alpha value is -0.450. The lowest BCUT2D eigenvalue weighted by atomic mass is 10.1. The number of nitrogens with one attached hydrogen (secondary N) is 1. The van der Waals surface area contributed by atoms with Crippen LogP contribution >= 0.6 is 11.3 Å². The van der Waals surface area contributed by atoms with Crippen molar-refractivity contribution in [3.05, 3.63) is 15.6 Å². The van der Waals surface area contributed by atoms with Crippen LogP contribution < -0.4 is 5.32 Å². The highest BCUT2D eigenvalue weighted by molar-refractivity contribution is 7.11. The minimum absolute atomic E-state index is 0.147. The molecular weight excluding hydrogens is 280 g/mol. The summed E-state index contributed by atoms with van der Waals surface area (Å²) in [5, 5.41) is 4.79. The smallest absolute Gasteiger partial charge is 0.122 e. The highest BCUT2D eigenvalue weighted by atomic mass is 32.1. The first-order valence-corrected chi connectivity index (χ1v) is 9.12. The van der Waals surface area contributed by atoms with Crippen LogP contribution in [0, 0.1) is 0 Å². The molecule has 1 saturated carbocycles. The molecule has 0 aromatic carbocycles. The largest absolute Gasteiger partial charge is 0.371 e. The third-order valence-electron chi connectivity index (χ3n) is 3.68. The van der Waals surface area contributed by atoms with Gasteiger partial charge in [-0.2, -0.15) is 0 Å². The van der Waals surface area contributed by atoms with E-state index in [1.807, 2.05) is 11.3 Å². The molecule has 1 N–H and O–H groups in total. The average molecular weight is 311 g/mol. The fourth-order valence-electron chi connectivity index (χ4n) is 2.41. The number of thiazole rings is 1. The first-order chi connectivity index (χ1) is 9.94. The molecule has 1 atom stereocenters. The Morgan fingerprint density at radius 3 is 2.57 bits per heavy atom. The summed E-state index contributed by atoms with van der Waals surface area (Å²) in [6.07, 6.45) is 5.00. The fraction of sp³-hybridized carbons (Fsp3) is 0.824. The van der Waals surface area contributed by atoms with Crippen molar-refractivity contribution in [2.45, 2.75) is 84.4 Å². The molecule has 3 nitrogen and oxygen atoms in total. The molecule has 1 fully saturated rings. The Kier molecular flexibility index (Phi) is 5.81. The number of aromatic nitrogens is 1. The van der Waals surface area contributed by atoms with Crippen molar-refractivity contribution in [3.63, 3.8) is 0 Å². The van der Waals surface area contributed by atoms with Crippen molar-refractivity contribution in [1.82, 2.24) is 10.3 Å². The Morgan fingerprint density at radius 1 is 1.33 bits per heavy atom. The minimum atomic E-state index is 0.147. The van der Waals surface area contributed by atoms with Crippen molar-refractivity contribution in [2.24, 2.45) is 0 Å². The van der Waals surface area contributed by atoms with Gasteiger partial charge in [0.15, 0.2) is 0 Å². The van der Waals surface area contributed by atoms with Gasteiger partial charge in [0, 0.05) is 29.5 Å². The van der Waals surface area contributed by atoms with Gasteiger partial charge in [-0.15, -0.1) is 11.3 Å². The number of hydrogen-bond donors (Lipinski definition) is 1. The van der Waals surface area contributed by atoms with Crippen LogP contribution in [0.2, 0.25) is 0 Å². The SMILES string of the molecule is CCCC(OCC)c1nc(C2CC2)c(CNC(C)(C)C)s1. The zero-order chi connectivity index (χ0) is 15.5. The molecule has 0 amide bonds. The Morgan fingerprint density at radius 2 is 2.05 bits per heavy atom. The van der Waals surface area contributed by atoms with Crippen LogP contribution in [0.5, 0.6) is 0 Å². The summed E-state index contributed by atoms with van der Waals surface area (Å²) in [6.45, 7) is 12.6. The molecule has 4 heteroatoms. The predicted molar refractivity (Wildman–Crippen MR) is 90.0 cm³/mol. The van der Waals surface area contributed by atoms with E-state index in [0.29, 0.717) is 5.92 Å². The van der Waals surface area contributed by atoms with Gasteiger partial charge in [-0.25, -0.2) is 4.98 Å². The maximum Gasteiger partial charge on any atom is 0.122 e. The van der Waals surface area contributed by atoms with Crippen LogP contribution in [0.25, 0.3) is 0 Å². The Bertz CT molecular complexity index is 440. The van der Waals surface area contributed by atoms with E-state index in [1.165, 1.54) is 28.4 Å². The van der Waals surface area contributed by atoms with Crippen LogP contribution in [0.4, 0.5) is 0 Å². The van der Waals surface area contributed by atoms with Gasteiger partial charge in [0.1, 0.15) is 11.1 Å². The third kappa shape index (κ3) is 5.04. The molecule has 1 aromatic rings. The van der Waals surface area contributed by atoms with Gasteiger partial charge in [-0.05, 0) is 47.0 Å². The second kappa shape index (κ2) is 7.21. The van der Waals surface area contributed by atoms with Crippen LogP contribution in [-0.2, 0) is 11.3 Å². The first-order valence-electron chi connectivity index (χ1n) is 8.30. The Balaban J connectivity index is 2.15. The van der Waals surface area contributed by atoms with Gasteiger partial charge >= 0.3 is 0 Å². The summed E-state index contributed by atoms with van der Waals surface area (Å²) in [4.78, 5) is 6.38. The highest BCUT2D eigenvalue weighted by Crippen LogP contribution is 2.44. The average Bonchev–Trinajstić information content (AvgIpc) is 3.15. The molecule has 1 aliphatic carbocycles. The van der Waals surface area contributed by atoms with Crippen molar-refractivity contribution in [1.29, 1.82) is 0 Å². The number of nitrogens with zero attached hydrogens (tertiary/aromatic N) is 1. The van der Waals surface area contributed by atoms with Crippen molar-refractivity contribution < 1.29 is 4.74 Å². The van der Waals surface area contributed by atoms with Crippen LogP contribution in [-0.4, -0.2) is 17.1 Å². The number of rotatable bonds is 8. The van der Waals surface area contributed by atoms with Crippen LogP contribution in [0.3, 0.4) is 0 Å². The molecule has 0 bridgehead atoms. The van der Waals surface area contributed by atoms with E-state index in [0.717, 1.165) is 26.0 Å². The maximum atomic E-state index is 5.91. The summed E-state index contributed by atoms with van der Waals surface area (Å²) in [5.41, 5.74) is 1.49. The van der Waals surface area contributed by atoms with Crippen molar-refractivity contribution in [3.8, 4) is 0 Å². The number of ether oxygens (including phenoxy) is 1. The second-order valence-corrected chi connectivity index (χ2v) is 8.09. The van der Waals surface area contributed by atoms with Gasteiger partial charge in [-0.1, -0.05) is 13.3 Å². The minimum Gasteiger partial charge on any atom is -0.371 e. The molecular formula is C17H30N2OS. The third-order valence-corrected chi connectivity index (χ3v) is 4.84. The van der Waals surface area contributed by atoms with Crippen LogP contribution in [0.1, 0.15) is 87.9 Å². The van der Waals surface area contributed by atoms with Gasteiger partial charge < -0.3 is 10.1 Å². The van der Waals surface area contributed by atoms with E-state index >= 15 is 0 Å². The van der Waals surface area contributed by atoms with E-state index in [-0.39, 0.29) is 11.6 Å². The molecule has 0 radical (unpaired) electrons. The van der Waals surface area contributed by atoms with Gasteiger partial charge in [0.25, 0.3) is 0 Å². The number of hydrogen-bond acceptors (Lipinski definition) is 4. The molecule has 1 aliphatic rings. The summed E-state index contributed by atoms with van der Waals surface area (Å²) in [6, 6.07) is 0. The molecule has 1 aromatic heterocycles. The van der Waals surface area contributed by atoms with Crippen molar-refractivity contribution >= 4 is 11.3 Å².